The smallest absolute Gasteiger partial charge is 0.243 e. The van der Waals surface area contributed by atoms with Crippen LogP contribution in [-0.2, 0) is 14.8 Å². The van der Waals surface area contributed by atoms with Crippen molar-refractivity contribution in [3.63, 3.8) is 0 Å². The van der Waals surface area contributed by atoms with E-state index in [0.29, 0.717) is 27.0 Å². The maximum absolute atomic E-state index is 12.5. The highest BCUT2D eigenvalue weighted by molar-refractivity contribution is 7.92. The van der Waals surface area contributed by atoms with Crippen LogP contribution in [0.3, 0.4) is 0 Å². The lowest BCUT2D eigenvalue weighted by molar-refractivity contribution is -0.121. The van der Waals surface area contributed by atoms with Crippen LogP contribution >= 0.6 is 23.2 Å². The van der Waals surface area contributed by atoms with E-state index in [9.17, 15) is 13.2 Å². The molecule has 1 N–H and O–H groups in total. The van der Waals surface area contributed by atoms with Crippen molar-refractivity contribution in [3.05, 3.63) is 58.1 Å². The topological polar surface area (TPSA) is 75.7 Å². The first-order chi connectivity index (χ1) is 13.1. The van der Waals surface area contributed by atoms with E-state index >= 15 is 0 Å². The summed E-state index contributed by atoms with van der Waals surface area (Å²) in [6, 6.07) is 10.8. The Bertz CT molecular complexity index is 933. The van der Waals surface area contributed by atoms with Crippen LogP contribution in [0.2, 0.25) is 10.0 Å². The number of anilines is 1. The monoisotopic (exact) mass is 444 g/mol. The average Bonchev–Trinajstić information content (AvgIpc) is 2.62. The Morgan fingerprint density at radius 3 is 2.36 bits per heavy atom. The van der Waals surface area contributed by atoms with Gasteiger partial charge in [0.05, 0.1) is 18.5 Å². The van der Waals surface area contributed by atoms with Crippen LogP contribution in [0.15, 0.2) is 42.5 Å². The Kier molecular flexibility index (Phi) is 7.57. The minimum atomic E-state index is -3.71. The van der Waals surface area contributed by atoms with Gasteiger partial charge in [-0.25, -0.2) is 8.42 Å². The summed E-state index contributed by atoms with van der Waals surface area (Å²) in [5.74, 6) is 0.184. The van der Waals surface area contributed by atoms with Crippen molar-refractivity contribution in [2.45, 2.75) is 19.9 Å². The Morgan fingerprint density at radius 2 is 1.75 bits per heavy atom. The van der Waals surface area contributed by atoms with Crippen molar-refractivity contribution in [1.29, 1.82) is 0 Å². The summed E-state index contributed by atoms with van der Waals surface area (Å²) in [5.41, 5.74) is 1.07. The molecule has 28 heavy (non-hydrogen) atoms. The van der Waals surface area contributed by atoms with Crippen LogP contribution in [-0.4, -0.2) is 39.8 Å². The number of nitrogens with zero attached hydrogens (tertiary/aromatic N) is 1. The molecule has 1 amide bonds. The number of aryl methyl sites for hydroxylation is 1. The number of rotatable bonds is 8. The van der Waals surface area contributed by atoms with Gasteiger partial charge in [-0.15, -0.1) is 0 Å². The zero-order valence-corrected chi connectivity index (χ0v) is 18.1. The number of halogens is 2. The second-order valence-corrected chi connectivity index (χ2v) is 8.99. The highest BCUT2D eigenvalue weighted by Gasteiger charge is 2.30. The summed E-state index contributed by atoms with van der Waals surface area (Å²) in [4.78, 5) is 12.5. The molecule has 0 aromatic heterocycles. The van der Waals surface area contributed by atoms with Crippen molar-refractivity contribution >= 4 is 44.8 Å². The van der Waals surface area contributed by atoms with Crippen LogP contribution in [0.1, 0.15) is 12.5 Å². The van der Waals surface area contributed by atoms with Crippen LogP contribution in [0, 0.1) is 6.92 Å². The molecule has 1 atom stereocenters. The van der Waals surface area contributed by atoms with Crippen molar-refractivity contribution in [1.82, 2.24) is 5.32 Å². The quantitative estimate of drug-likeness (QED) is 0.630. The summed E-state index contributed by atoms with van der Waals surface area (Å²) in [5, 5.41) is 3.68. The largest absolute Gasteiger partial charge is 0.492 e. The van der Waals surface area contributed by atoms with E-state index in [0.717, 1.165) is 10.6 Å². The Hall–Kier alpha value is -1.96. The molecule has 0 saturated heterocycles. The molecule has 0 aliphatic carbocycles. The van der Waals surface area contributed by atoms with Gasteiger partial charge in [0, 0.05) is 10.0 Å². The molecule has 0 spiro atoms. The van der Waals surface area contributed by atoms with Crippen LogP contribution in [0.25, 0.3) is 0 Å². The highest BCUT2D eigenvalue weighted by atomic mass is 35.5. The fourth-order valence-electron chi connectivity index (χ4n) is 2.62. The highest BCUT2D eigenvalue weighted by Crippen LogP contribution is 2.28. The Morgan fingerprint density at radius 1 is 1.14 bits per heavy atom. The minimum absolute atomic E-state index is 0.220. The molecule has 0 unspecified atom stereocenters. The molecule has 2 aromatic rings. The van der Waals surface area contributed by atoms with Gasteiger partial charge in [-0.3, -0.25) is 9.10 Å². The summed E-state index contributed by atoms with van der Waals surface area (Å²) in [6.07, 6.45) is 1.06. The number of nitrogens with one attached hydrogen (secondary N) is 1. The van der Waals surface area contributed by atoms with Gasteiger partial charge in [0.15, 0.2) is 0 Å². The van der Waals surface area contributed by atoms with Gasteiger partial charge in [-0.05, 0) is 55.8 Å². The molecule has 9 heteroatoms. The van der Waals surface area contributed by atoms with Crippen molar-refractivity contribution in [2.75, 3.05) is 23.7 Å². The van der Waals surface area contributed by atoms with Gasteiger partial charge >= 0.3 is 0 Å². The second kappa shape index (κ2) is 9.49. The summed E-state index contributed by atoms with van der Waals surface area (Å²) >= 11 is 11.8. The predicted octanol–water partition coefficient (Wildman–Crippen LogP) is 3.65. The molecule has 0 heterocycles. The van der Waals surface area contributed by atoms with Crippen molar-refractivity contribution in [3.8, 4) is 5.75 Å². The zero-order chi connectivity index (χ0) is 20.9. The average molecular weight is 445 g/mol. The molecule has 0 radical (unpaired) electrons. The molecule has 0 aliphatic heterocycles. The standard InChI is InChI=1S/C19H22Cl2N2O4S/c1-13-4-5-16(21)12-18(13)23(28(3,25)26)14(2)19(24)22-10-11-27-17-8-6-15(20)7-9-17/h4-9,12,14H,10-11H2,1-3H3,(H,22,24)/t14-/m1/s1. The Balaban J connectivity index is 2.03. The van der Waals surface area contributed by atoms with Gasteiger partial charge in [0.1, 0.15) is 18.4 Å². The molecular formula is C19H22Cl2N2O4S. The van der Waals surface area contributed by atoms with Crippen molar-refractivity contribution in [2.24, 2.45) is 0 Å². The molecule has 0 bridgehead atoms. The molecule has 0 saturated carbocycles. The Labute approximate surface area is 175 Å². The number of carbonyl (C=O) groups is 1. The number of amides is 1. The third-order valence-electron chi connectivity index (χ3n) is 3.98. The molecule has 2 rings (SSSR count). The van der Waals surface area contributed by atoms with Gasteiger partial charge in [-0.1, -0.05) is 29.3 Å². The lowest BCUT2D eigenvalue weighted by Gasteiger charge is -2.29. The normalized spacial score (nSPS) is 12.3. The molecule has 6 nitrogen and oxygen atoms in total. The fraction of sp³-hybridized carbons (Fsp3) is 0.316. The van der Waals surface area contributed by atoms with E-state index in [1.807, 2.05) is 0 Å². The fourth-order valence-corrected chi connectivity index (χ4v) is 4.14. The van der Waals surface area contributed by atoms with E-state index in [-0.39, 0.29) is 13.2 Å². The van der Waals surface area contributed by atoms with Crippen LogP contribution < -0.4 is 14.4 Å². The van der Waals surface area contributed by atoms with E-state index < -0.39 is 22.0 Å². The number of carbonyl (C=O) groups excluding carboxylic acids is 1. The van der Waals surface area contributed by atoms with E-state index in [2.05, 4.69) is 5.32 Å². The molecule has 0 aliphatic rings. The van der Waals surface area contributed by atoms with Gasteiger partial charge < -0.3 is 10.1 Å². The van der Waals surface area contributed by atoms with Crippen molar-refractivity contribution < 1.29 is 17.9 Å². The molecule has 0 fully saturated rings. The van der Waals surface area contributed by atoms with Gasteiger partial charge in [0.2, 0.25) is 15.9 Å². The predicted molar refractivity (Wildman–Crippen MR) is 113 cm³/mol. The number of hydrogen-bond donors (Lipinski definition) is 1. The van der Waals surface area contributed by atoms with Gasteiger partial charge in [-0.2, -0.15) is 0 Å². The lowest BCUT2D eigenvalue weighted by atomic mass is 10.2. The third kappa shape index (κ3) is 6.02. The third-order valence-corrected chi connectivity index (χ3v) is 5.70. The molecule has 152 valence electrons. The molecular weight excluding hydrogens is 423 g/mol. The lowest BCUT2D eigenvalue weighted by Crippen LogP contribution is -2.48. The van der Waals surface area contributed by atoms with Crippen LogP contribution in [0.5, 0.6) is 5.75 Å². The number of hydrogen-bond acceptors (Lipinski definition) is 4. The maximum Gasteiger partial charge on any atom is 0.243 e. The SMILES string of the molecule is Cc1ccc(Cl)cc1N([C@H](C)C(=O)NCCOc1ccc(Cl)cc1)S(C)(=O)=O. The van der Waals surface area contributed by atoms with E-state index in [4.69, 9.17) is 27.9 Å². The number of benzene rings is 2. The first-order valence-electron chi connectivity index (χ1n) is 8.51. The summed E-state index contributed by atoms with van der Waals surface area (Å²) < 4.78 is 31.3. The van der Waals surface area contributed by atoms with E-state index in [1.165, 1.54) is 13.0 Å². The zero-order valence-electron chi connectivity index (χ0n) is 15.8. The number of ether oxygens (including phenoxy) is 1. The summed E-state index contributed by atoms with van der Waals surface area (Å²) in [6.45, 7) is 3.73. The first kappa shape index (κ1) is 22.3. The first-order valence-corrected chi connectivity index (χ1v) is 11.1. The van der Waals surface area contributed by atoms with E-state index in [1.54, 1.807) is 43.3 Å². The molecule has 2 aromatic carbocycles. The second-order valence-electron chi connectivity index (χ2n) is 6.26. The van der Waals surface area contributed by atoms with Crippen LogP contribution in [0.4, 0.5) is 5.69 Å². The summed E-state index contributed by atoms with van der Waals surface area (Å²) in [7, 11) is -3.71. The number of sulfonamides is 1. The van der Waals surface area contributed by atoms with Gasteiger partial charge in [0.25, 0.3) is 0 Å². The maximum atomic E-state index is 12.5. The minimum Gasteiger partial charge on any atom is -0.492 e.